The average molecular weight is 167 g/mol. The zero-order valence-corrected chi connectivity index (χ0v) is 6.15. The van der Waals surface area contributed by atoms with Crippen molar-refractivity contribution in [3.05, 3.63) is 29.3 Å². The maximum Gasteiger partial charge on any atom is 0.339 e. The van der Waals surface area contributed by atoms with Crippen LogP contribution in [0.25, 0.3) is 0 Å². The van der Waals surface area contributed by atoms with E-state index in [0.717, 1.165) is 6.07 Å². The predicted octanol–water partition coefficient (Wildman–Crippen LogP) is 1.02. The number of carbonyl (C=O) groups is 1. The molecule has 63 valence electrons. The zero-order chi connectivity index (χ0) is 9.14. The van der Waals surface area contributed by atoms with Gasteiger partial charge in [0.15, 0.2) is 0 Å². The standard InChI is InChI=1S/C8H7O4/c9-4-5-1-2-6(8(11)12)7(10)3-5/h1-3,10H,4H2,(H,11,12). The van der Waals surface area contributed by atoms with Crippen molar-refractivity contribution in [3.63, 3.8) is 0 Å². The minimum absolute atomic E-state index is 0.188. The molecule has 0 aromatic heterocycles. The third-order valence-corrected chi connectivity index (χ3v) is 1.46. The monoisotopic (exact) mass is 167 g/mol. The second-order valence-electron chi connectivity index (χ2n) is 2.30. The summed E-state index contributed by atoms with van der Waals surface area (Å²) in [6.07, 6.45) is 0. The highest BCUT2D eigenvalue weighted by molar-refractivity contribution is 5.90. The molecule has 0 saturated carbocycles. The second-order valence-corrected chi connectivity index (χ2v) is 2.30. The summed E-state index contributed by atoms with van der Waals surface area (Å²) < 4.78 is 0. The Morgan fingerprint density at radius 3 is 2.50 bits per heavy atom. The SMILES string of the molecule is [O]Cc1ccc(C(=O)O)c(O)c1. The van der Waals surface area contributed by atoms with Crippen molar-refractivity contribution < 1.29 is 20.1 Å². The summed E-state index contributed by atoms with van der Waals surface area (Å²) in [5.41, 5.74) is 0.185. The van der Waals surface area contributed by atoms with Crippen molar-refractivity contribution in [1.29, 1.82) is 0 Å². The molecule has 1 radical (unpaired) electrons. The number of phenols is 1. The lowest BCUT2D eigenvalue weighted by molar-refractivity contribution is 0.0693. The van der Waals surface area contributed by atoms with Crippen LogP contribution in [0.4, 0.5) is 0 Å². The number of aromatic carboxylic acids is 1. The first-order chi connectivity index (χ1) is 5.65. The van der Waals surface area contributed by atoms with Gasteiger partial charge in [-0.1, -0.05) is 6.07 Å². The van der Waals surface area contributed by atoms with Gasteiger partial charge in [0.25, 0.3) is 0 Å². The Hall–Kier alpha value is -1.55. The fourth-order valence-electron chi connectivity index (χ4n) is 0.848. The number of carboxylic acids is 1. The molecule has 12 heavy (non-hydrogen) atoms. The summed E-state index contributed by atoms with van der Waals surface area (Å²) in [5.74, 6) is -1.57. The van der Waals surface area contributed by atoms with Gasteiger partial charge in [-0.25, -0.2) is 9.90 Å². The maximum atomic E-state index is 10.4. The quantitative estimate of drug-likeness (QED) is 0.690. The Labute approximate surface area is 68.7 Å². The van der Waals surface area contributed by atoms with Crippen LogP contribution in [0, 0.1) is 0 Å². The number of hydrogen-bond donors (Lipinski definition) is 2. The number of hydrogen-bond acceptors (Lipinski definition) is 2. The molecule has 0 spiro atoms. The minimum atomic E-state index is -1.20. The predicted molar refractivity (Wildman–Crippen MR) is 39.5 cm³/mol. The third kappa shape index (κ3) is 1.54. The van der Waals surface area contributed by atoms with Gasteiger partial charge in [0.05, 0.1) is 0 Å². The van der Waals surface area contributed by atoms with Crippen LogP contribution in [0.3, 0.4) is 0 Å². The Morgan fingerprint density at radius 2 is 2.08 bits per heavy atom. The lowest BCUT2D eigenvalue weighted by Gasteiger charge is -2.00. The molecule has 0 bridgehead atoms. The van der Waals surface area contributed by atoms with E-state index >= 15 is 0 Å². The molecule has 0 unspecified atom stereocenters. The van der Waals surface area contributed by atoms with Crippen LogP contribution in [0.2, 0.25) is 0 Å². The summed E-state index contributed by atoms with van der Waals surface area (Å²) in [4.78, 5) is 10.4. The summed E-state index contributed by atoms with van der Waals surface area (Å²) in [6, 6.07) is 3.76. The molecule has 4 nitrogen and oxygen atoms in total. The Bertz CT molecular complexity index is 306. The van der Waals surface area contributed by atoms with Gasteiger partial charge in [0.1, 0.15) is 17.9 Å². The molecule has 1 aromatic carbocycles. The van der Waals surface area contributed by atoms with E-state index in [1.807, 2.05) is 0 Å². The van der Waals surface area contributed by atoms with Crippen molar-refractivity contribution in [2.24, 2.45) is 0 Å². The molecule has 0 heterocycles. The molecular weight excluding hydrogens is 160 g/mol. The first kappa shape index (κ1) is 8.55. The molecule has 0 aliphatic rings. The van der Waals surface area contributed by atoms with Crippen LogP contribution in [-0.4, -0.2) is 16.2 Å². The molecule has 0 atom stereocenters. The minimum Gasteiger partial charge on any atom is -0.507 e. The van der Waals surface area contributed by atoms with Gasteiger partial charge in [0.2, 0.25) is 0 Å². The molecule has 2 N–H and O–H groups in total. The van der Waals surface area contributed by atoms with Gasteiger partial charge >= 0.3 is 5.97 Å². The topological polar surface area (TPSA) is 77.4 Å². The number of carboxylic acid groups (broad SMARTS) is 1. The summed E-state index contributed by atoms with van der Waals surface area (Å²) in [6.45, 7) is -0.465. The molecule has 0 amide bonds. The fraction of sp³-hybridized carbons (Fsp3) is 0.125. The summed E-state index contributed by atoms with van der Waals surface area (Å²) in [5, 5.41) is 27.9. The van der Waals surface area contributed by atoms with E-state index in [1.54, 1.807) is 0 Å². The van der Waals surface area contributed by atoms with Crippen LogP contribution in [0.15, 0.2) is 18.2 Å². The highest BCUT2D eigenvalue weighted by Gasteiger charge is 2.08. The van der Waals surface area contributed by atoms with Gasteiger partial charge in [0, 0.05) is 0 Å². The maximum absolute atomic E-state index is 10.4. The third-order valence-electron chi connectivity index (χ3n) is 1.46. The lowest BCUT2D eigenvalue weighted by atomic mass is 10.1. The Balaban J connectivity index is 3.12. The van der Waals surface area contributed by atoms with E-state index in [-0.39, 0.29) is 11.3 Å². The fourth-order valence-corrected chi connectivity index (χ4v) is 0.848. The van der Waals surface area contributed by atoms with Crippen molar-refractivity contribution in [3.8, 4) is 5.75 Å². The van der Waals surface area contributed by atoms with E-state index in [1.165, 1.54) is 12.1 Å². The molecular formula is C8H7O4. The van der Waals surface area contributed by atoms with Crippen LogP contribution < -0.4 is 0 Å². The van der Waals surface area contributed by atoms with Gasteiger partial charge < -0.3 is 10.2 Å². The largest absolute Gasteiger partial charge is 0.507 e. The highest BCUT2D eigenvalue weighted by Crippen LogP contribution is 2.18. The van der Waals surface area contributed by atoms with E-state index < -0.39 is 12.6 Å². The molecule has 0 fully saturated rings. The molecule has 1 rings (SSSR count). The molecule has 0 aliphatic carbocycles. The van der Waals surface area contributed by atoms with E-state index in [2.05, 4.69) is 0 Å². The Kier molecular flexibility index (Phi) is 2.30. The summed E-state index contributed by atoms with van der Waals surface area (Å²) >= 11 is 0. The highest BCUT2D eigenvalue weighted by atomic mass is 16.4. The van der Waals surface area contributed by atoms with Crippen molar-refractivity contribution >= 4 is 5.97 Å². The van der Waals surface area contributed by atoms with Gasteiger partial charge in [-0.15, -0.1) is 0 Å². The first-order valence-electron chi connectivity index (χ1n) is 3.28. The van der Waals surface area contributed by atoms with E-state index in [4.69, 9.17) is 10.2 Å². The van der Waals surface area contributed by atoms with Crippen LogP contribution in [0.1, 0.15) is 15.9 Å². The van der Waals surface area contributed by atoms with Gasteiger partial charge in [-0.05, 0) is 17.7 Å². The first-order valence-corrected chi connectivity index (χ1v) is 3.28. The number of aromatic hydroxyl groups is 1. The van der Waals surface area contributed by atoms with Crippen molar-refractivity contribution in [2.75, 3.05) is 0 Å². The van der Waals surface area contributed by atoms with Crippen molar-refractivity contribution in [2.45, 2.75) is 6.61 Å². The molecule has 1 aromatic rings. The zero-order valence-electron chi connectivity index (χ0n) is 6.15. The smallest absolute Gasteiger partial charge is 0.339 e. The normalized spacial score (nSPS) is 9.75. The van der Waals surface area contributed by atoms with Crippen LogP contribution in [-0.2, 0) is 11.7 Å². The van der Waals surface area contributed by atoms with Gasteiger partial charge in [-0.3, -0.25) is 0 Å². The summed E-state index contributed by atoms with van der Waals surface area (Å²) in [7, 11) is 0. The molecule has 0 saturated heterocycles. The number of rotatable bonds is 2. The number of benzene rings is 1. The van der Waals surface area contributed by atoms with Crippen LogP contribution >= 0.6 is 0 Å². The van der Waals surface area contributed by atoms with Gasteiger partial charge in [-0.2, -0.15) is 0 Å². The molecule has 4 heteroatoms. The van der Waals surface area contributed by atoms with E-state index in [9.17, 15) is 9.90 Å². The lowest BCUT2D eigenvalue weighted by Crippen LogP contribution is -1.97. The second kappa shape index (κ2) is 3.23. The Morgan fingerprint density at radius 1 is 1.42 bits per heavy atom. The van der Waals surface area contributed by atoms with Crippen molar-refractivity contribution in [1.82, 2.24) is 0 Å². The average Bonchev–Trinajstić information content (AvgIpc) is 2.03. The van der Waals surface area contributed by atoms with Crippen LogP contribution in [0.5, 0.6) is 5.75 Å². The molecule has 0 aliphatic heterocycles. The van der Waals surface area contributed by atoms with E-state index in [0.29, 0.717) is 5.56 Å².